The molecule has 2 fully saturated rings. The van der Waals surface area contributed by atoms with E-state index in [4.69, 9.17) is 4.74 Å². The van der Waals surface area contributed by atoms with Crippen LogP contribution in [0.15, 0.2) is 42.5 Å². The molecule has 0 aromatic heterocycles. The summed E-state index contributed by atoms with van der Waals surface area (Å²) in [5, 5.41) is 15.5. The number of nitriles is 1. The van der Waals surface area contributed by atoms with Crippen molar-refractivity contribution in [2.45, 2.75) is 75.3 Å². The lowest BCUT2D eigenvalue weighted by Crippen LogP contribution is -2.52. The Balaban J connectivity index is 1.77. The monoisotopic (exact) mass is 540 g/mol. The van der Waals surface area contributed by atoms with E-state index in [0.29, 0.717) is 36.4 Å². The summed E-state index contributed by atoms with van der Waals surface area (Å²) in [6.07, 6.45) is 4.22. The molecule has 1 saturated carbocycles. The van der Waals surface area contributed by atoms with Crippen LogP contribution in [-0.2, 0) is 26.4 Å². The predicted molar refractivity (Wildman–Crippen MR) is 147 cm³/mol. The van der Waals surface area contributed by atoms with Crippen LogP contribution in [0, 0.1) is 23.1 Å². The summed E-state index contributed by atoms with van der Waals surface area (Å²) < 4.78 is 36.8. The fourth-order valence-electron chi connectivity index (χ4n) is 4.81. The van der Waals surface area contributed by atoms with Crippen LogP contribution in [-0.4, -0.2) is 41.0 Å². The van der Waals surface area contributed by atoms with Crippen LogP contribution in [0.3, 0.4) is 0 Å². The van der Waals surface area contributed by atoms with Gasteiger partial charge in [0, 0.05) is 25.0 Å². The predicted octanol–water partition coefficient (Wildman–Crippen LogP) is 4.50. The molecular formula is C29H37FN4O3S. The Morgan fingerprint density at radius 3 is 2.61 bits per heavy atom. The van der Waals surface area contributed by atoms with Crippen molar-refractivity contribution in [3.8, 4) is 6.07 Å². The van der Waals surface area contributed by atoms with Gasteiger partial charge in [-0.25, -0.2) is 4.39 Å². The van der Waals surface area contributed by atoms with Gasteiger partial charge in [0.2, 0.25) is 5.91 Å². The Morgan fingerprint density at radius 2 is 1.97 bits per heavy atom. The Labute approximate surface area is 227 Å². The molecule has 204 valence electrons. The van der Waals surface area contributed by atoms with E-state index in [1.165, 1.54) is 6.07 Å². The van der Waals surface area contributed by atoms with E-state index >= 15 is 4.39 Å². The summed E-state index contributed by atoms with van der Waals surface area (Å²) >= 11 is -1.48. The number of nitrogens with zero attached hydrogens (tertiary/aromatic N) is 1. The van der Waals surface area contributed by atoms with Gasteiger partial charge in [-0.1, -0.05) is 31.0 Å². The molecule has 0 radical (unpaired) electrons. The van der Waals surface area contributed by atoms with Gasteiger partial charge in [-0.05, 0) is 81.3 Å². The second-order valence-electron chi connectivity index (χ2n) is 11.3. The number of carbonyl (C=O) groups excluding carboxylic acids is 1. The Hall–Kier alpha value is -2.48. The number of amides is 1. The van der Waals surface area contributed by atoms with Gasteiger partial charge in [0.1, 0.15) is 16.1 Å². The first-order chi connectivity index (χ1) is 18.1. The fourth-order valence-corrected chi connectivity index (χ4v) is 5.77. The Kier molecular flexibility index (Phi) is 8.80. The average molecular weight is 541 g/mol. The normalized spacial score (nSPS) is 21.9. The molecule has 1 heterocycles. The minimum Gasteiger partial charge on any atom is -0.598 e. The fraction of sp³-hybridized carbons (Fsp3) is 0.517. The van der Waals surface area contributed by atoms with Crippen molar-refractivity contribution in [2.24, 2.45) is 5.92 Å². The number of hydrogen-bond donors (Lipinski definition) is 3. The first kappa shape index (κ1) is 28.5. The maximum atomic E-state index is 15.1. The van der Waals surface area contributed by atoms with Gasteiger partial charge in [0.25, 0.3) is 0 Å². The van der Waals surface area contributed by atoms with E-state index in [1.807, 2.05) is 32.9 Å². The van der Waals surface area contributed by atoms with E-state index in [0.717, 1.165) is 24.8 Å². The smallest absolute Gasteiger partial charge is 0.241 e. The van der Waals surface area contributed by atoms with Gasteiger partial charge >= 0.3 is 0 Å². The molecule has 4 unspecified atom stereocenters. The highest BCUT2D eigenvalue weighted by Crippen LogP contribution is 2.43. The zero-order valence-electron chi connectivity index (χ0n) is 22.5. The van der Waals surface area contributed by atoms with E-state index < -0.39 is 33.5 Å². The van der Waals surface area contributed by atoms with Crippen LogP contribution in [0.4, 0.5) is 10.1 Å². The van der Waals surface area contributed by atoms with Crippen LogP contribution in [0.5, 0.6) is 0 Å². The van der Waals surface area contributed by atoms with Gasteiger partial charge in [0.15, 0.2) is 0 Å². The molecule has 4 rings (SSSR count). The molecule has 1 aliphatic heterocycles. The highest BCUT2D eigenvalue weighted by Gasteiger charge is 2.43. The van der Waals surface area contributed by atoms with Crippen molar-refractivity contribution in [3.63, 3.8) is 0 Å². The van der Waals surface area contributed by atoms with Crippen molar-refractivity contribution in [3.05, 3.63) is 65.0 Å². The molecule has 2 aliphatic rings. The van der Waals surface area contributed by atoms with Crippen molar-refractivity contribution in [2.75, 3.05) is 19.0 Å². The largest absolute Gasteiger partial charge is 0.598 e. The number of ether oxygens (including phenoxy) is 1. The van der Waals surface area contributed by atoms with E-state index in [-0.39, 0.29) is 17.7 Å². The number of halogens is 1. The third-order valence-electron chi connectivity index (χ3n) is 7.39. The number of carbonyl (C=O) groups is 1. The van der Waals surface area contributed by atoms with Gasteiger partial charge in [-0.3, -0.25) is 4.79 Å². The minimum absolute atomic E-state index is 0.0609. The van der Waals surface area contributed by atoms with Gasteiger partial charge in [-0.15, -0.1) is 4.72 Å². The quantitative estimate of drug-likeness (QED) is 0.383. The molecule has 38 heavy (non-hydrogen) atoms. The van der Waals surface area contributed by atoms with Gasteiger partial charge in [-0.2, -0.15) is 5.26 Å². The Morgan fingerprint density at radius 1 is 1.24 bits per heavy atom. The standard InChI is InChI=1S/C29H37FN4O3S/c1-28(2,3)38(36)34-29(13-12-19-8-9-19,21-7-5-6-20(14-21)17-31)22-10-11-24(30)25(15-22)33-27(35)26-16-23(37-4)18-32-26/h5-7,10-11,14-15,19,23,26,32,34H,8-9,12-13,16,18H2,1-4H3,(H,33,35). The Bertz CT molecular complexity index is 1190. The molecule has 9 heteroatoms. The molecule has 4 atom stereocenters. The lowest BCUT2D eigenvalue weighted by Gasteiger charge is -2.39. The molecule has 3 N–H and O–H groups in total. The average Bonchev–Trinajstić information content (AvgIpc) is 3.60. The van der Waals surface area contributed by atoms with Gasteiger partial charge in [0.05, 0.1) is 29.5 Å². The third kappa shape index (κ3) is 6.56. The highest BCUT2D eigenvalue weighted by molar-refractivity contribution is 7.90. The first-order valence-electron chi connectivity index (χ1n) is 13.1. The number of nitrogens with one attached hydrogen (secondary N) is 3. The van der Waals surface area contributed by atoms with Gasteiger partial charge < -0.3 is 19.9 Å². The summed E-state index contributed by atoms with van der Waals surface area (Å²) in [5.41, 5.74) is 1.03. The molecular weight excluding hydrogens is 503 g/mol. The summed E-state index contributed by atoms with van der Waals surface area (Å²) in [7, 11) is 1.60. The zero-order valence-corrected chi connectivity index (χ0v) is 23.3. The second kappa shape index (κ2) is 11.7. The van der Waals surface area contributed by atoms with E-state index in [9.17, 15) is 14.6 Å². The maximum absolute atomic E-state index is 15.1. The lowest BCUT2D eigenvalue weighted by atomic mass is 9.79. The van der Waals surface area contributed by atoms with Crippen molar-refractivity contribution >= 4 is 23.0 Å². The van der Waals surface area contributed by atoms with Crippen LogP contribution < -0.4 is 15.4 Å². The third-order valence-corrected chi connectivity index (χ3v) is 9.04. The van der Waals surface area contributed by atoms with Crippen molar-refractivity contribution in [1.82, 2.24) is 10.0 Å². The number of rotatable bonds is 10. The molecule has 2 aromatic carbocycles. The molecule has 1 saturated heterocycles. The summed E-state index contributed by atoms with van der Waals surface area (Å²) in [6.45, 7) is 6.24. The summed E-state index contributed by atoms with van der Waals surface area (Å²) in [6, 6.07) is 13.6. The van der Waals surface area contributed by atoms with Crippen LogP contribution in [0.25, 0.3) is 0 Å². The SMILES string of the molecule is COC1CNC(C(=O)Nc2cc(C(CCC3CC3)(N[S+]([O-])C(C)(C)C)c3cccc(C#N)c3)ccc2F)C1. The number of anilines is 1. The van der Waals surface area contributed by atoms with Crippen LogP contribution in [0.2, 0.25) is 0 Å². The number of benzene rings is 2. The topological polar surface area (TPSA) is 109 Å². The summed E-state index contributed by atoms with van der Waals surface area (Å²) in [4.78, 5) is 13.0. The second-order valence-corrected chi connectivity index (χ2v) is 13.3. The van der Waals surface area contributed by atoms with E-state index in [1.54, 1.807) is 31.4 Å². The maximum Gasteiger partial charge on any atom is 0.241 e. The molecule has 0 spiro atoms. The first-order valence-corrected chi connectivity index (χ1v) is 14.3. The summed E-state index contributed by atoms with van der Waals surface area (Å²) in [5.74, 6) is -0.302. The number of hydrogen-bond acceptors (Lipinski definition) is 6. The zero-order chi connectivity index (χ0) is 27.5. The van der Waals surface area contributed by atoms with Crippen LogP contribution >= 0.6 is 0 Å². The van der Waals surface area contributed by atoms with Crippen molar-refractivity contribution in [1.29, 1.82) is 5.26 Å². The molecule has 0 bridgehead atoms. The molecule has 7 nitrogen and oxygen atoms in total. The van der Waals surface area contributed by atoms with Crippen molar-refractivity contribution < 1.29 is 18.5 Å². The molecule has 2 aromatic rings. The molecule has 1 amide bonds. The highest BCUT2D eigenvalue weighted by atomic mass is 32.2. The molecule has 1 aliphatic carbocycles. The van der Waals surface area contributed by atoms with Crippen LogP contribution in [0.1, 0.15) is 69.6 Å². The minimum atomic E-state index is -1.48. The lowest BCUT2D eigenvalue weighted by molar-refractivity contribution is -0.118. The van der Waals surface area contributed by atoms with E-state index in [2.05, 4.69) is 21.4 Å². The number of methoxy groups -OCH3 is 1.